The van der Waals surface area contributed by atoms with Gasteiger partial charge >= 0.3 is 0 Å². The maximum Gasteiger partial charge on any atom is 0.0468 e. The second kappa shape index (κ2) is 11.1. The van der Waals surface area contributed by atoms with Crippen LogP contribution in [0.3, 0.4) is 0 Å². The Morgan fingerprint density at radius 1 is 0.625 bits per heavy atom. The SMILES string of the molecule is CCN(CC)c1ccc(C(c2ccccc2C)c2ccc(N(CC)CC)cc2Cl)c(Cl)c1. The predicted octanol–water partition coefficient (Wildman–Crippen LogP) is 8.17. The van der Waals surface area contributed by atoms with E-state index in [0.29, 0.717) is 0 Å². The normalized spacial score (nSPS) is 11.1. The number of benzene rings is 3. The first-order chi connectivity index (χ1) is 15.4. The molecule has 4 heteroatoms. The van der Waals surface area contributed by atoms with Gasteiger partial charge in [-0.25, -0.2) is 0 Å². The highest BCUT2D eigenvalue weighted by Gasteiger charge is 2.24. The Labute approximate surface area is 203 Å². The van der Waals surface area contributed by atoms with E-state index in [9.17, 15) is 0 Å². The van der Waals surface area contributed by atoms with Crippen LogP contribution < -0.4 is 9.80 Å². The minimum atomic E-state index is -0.0345. The summed E-state index contributed by atoms with van der Waals surface area (Å²) in [6, 6.07) is 21.4. The van der Waals surface area contributed by atoms with Crippen LogP contribution in [0.1, 0.15) is 55.9 Å². The lowest BCUT2D eigenvalue weighted by Crippen LogP contribution is -2.22. The molecule has 0 saturated heterocycles. The van der Waals surface area contributed by atoms with Crippen LogP contribution in [0.25, 0.3) is 0 Å². The van der Waals surface area contributed by atoms with E-state index < -0.39 is 0 Å². The van der Waals surface area contributed by atoms with Crippen molar-refractivity contribution in [2.75, 3.05) is 36.0 Å². The van der Waals surface area contributed by atoms with Gasteiger partial charge in [0.25, 0.3) is 0 Å². The second-order valence-corrected chi connectivity index (χ2v) is 8.86. The van der Waals surface area contributed by atoms with Crippen molar-refractivity contribution in [3.05, 3.63) is 93.0 Å². The summed E-state index contributed by atoms with van der Waals surface area (Å²) >= 11 is 13.9. The van der Waals surface area contributed by atoms with Gasteiger partial charge < -0.3 is 9.80 Å². The Morgan fingerprint density at radius 2 is 1.06 bits per heavy atom. The average molecular weight is 470 g/mol. The highest BCUT2D eigenvalue weighted by molar-refractivity contribution is 6.32. The van der Waals surface area contributed by atoms with E-state index in [1.54, 1.807) is 0 Å². The zero-order chi connectivity index (χ0) is 23.3. The smallest absolute Gasteiger partial charge is 0.0468 e. The number of hydrogen-bond donors (Lipinski definition) is 0. The fourth-order valence-electron chi connectivity index (χ4n) is 4.48. The first-order valence-corrected chi connectivity index (χ1v) is 12.3. The van der Waals surface area contributed by atoms with Crippen LogP contribution in [0.4, 0.5) is 11.4 Å². The second-order valence-electron chi connectivity index (χ2n) is 8.05. The van der Waals surface area contributed by atoms with Crippen molar-refractivity contribution in [2.24, 2.45) is 0 Å². The van der Waals surface area contributed by atoms with Gasteiger partial charge in [-0.2, -0.15) is 0 Å². The summed E-state index contributed by atoms with van der Waals surface area (Å²) in [7, 11) is 0. The highest BCUT2D eigenvalue weighted by Crippen LogP contribution is 2.42. The number of nitrogens with zero attached hydrogens (tertiary/aromatic N) is 2. The van der Waals surface area contributed by atoms with E-state index in [2.05, 4.69) is 105 Å². The van der Waals surface area contributed by atoms with Crippen LogP contribution in [-0.4, -0.2) is 26.2 Å². The standard InChI is InChI=1S/C28H34Cl2N2/c1-6-31(7-2)21-14-16-24(26(29)18-21)28(23-13-11-10-12-20(23)5)25-17-15-22(19-27(25)30)32(8-3)9-4/h10-19,28H,6-9H2,1-5H3. The van der Waals surface area contributed by atoms with Crippen LogP contribution in [0, 0.1) is 6.92 Å². The van der Waals surface area contributed by atoms with Gasteiger partial charge in [-0.05, 0) is 81.1 Å². The van der Waals surface area contributed by atoms with E-state index in [4.69, 9.17) is 23.2 Å². The molecule has 0 aliphatic carbocycles. The van der Waals surface area contributed by atoms with E-state index in [1.165, 1.54) is 11.1 Å². The third-order valence-corrected chi connectivity index (χ3v) is 7.00. The van der Waals surface area contributed by atoms with Gasteiger partial charge in [0.2, 0.25) is 0 Å². The number of rotatable bonds is 9. The molecule has 0 amide bonds. The molecule has 0 heterocycles. The van der Waals surface area contributed by atoms with E-state index in [0.717, 1.165) is 58.7 Å². The molecule has 0 radical (unpaired) electrons. The Kier molecular flexibility index (Phi) is 8.51. The fraction of sp³-hybridized carbons (Fsp3) is 0.357. The van der Waals surface area contributed by atoms with Crippen molar-refractivity contribution in [3.8, 4) is 0 Å². The summed E-state index contributed by atoms with van der Waals surface area (Å²) in [6.45, 7) is 14.6. The lowest BCUT2D eigenvalue weighted by atomic mass is 9.83. The van der Waals surface area contributed by atoms with Crippen molar-refractivity contribution in [1.82, 2.24) is 0 Å². The van der Waals surface area contributed by atoms with Gasteiger partial charge in [-0.15, -0.1) is 0 Å². The Hall–Kier alpha value is -2.16. The molecule has 170 valence electrons. The van der Waals surface area contributed by atoms with Crippen molar-refractivity contribution in [1.29, 1.82) is 0 Å². The minimum Gasteiger partial charge on any atom is -0.372 e. The molecule has 3 aromatic carbocycles. The topological polar surface area (TPSA) is 6.48 Å². The summed E-state index contributed by atoms with van der Waals surface area (Å²) in [5, 5.41) is 1.54. The Morgan fingerprint density at radius 3 is 1.44 bits per heavy atom. The zero-order valence-corrected chi connectivity index (χ0v) is 21.3. The molecular weight excluding hydrogens is 435 g/mol. The average Bonchev–Trinajstić information content (AvgIpc) is 2.79. The van der Waals surface area contributed by atoms with Crippen molar-refractivity contribution in [2.45, 2.75) is 40.5 Å². The van der Waals surface area contributed by atoms with Crippen LogP contribution in [0.15, 0.2) is 60.7 Å². The maximum atomic E-state index is 6.94. The molecule has 3 rings (SSSR count). The lowest BCUT2D eigenvalue weighted by molar-refractivity contribution is 0.862. The highest BCUT2D eigenvalue weighted by atomic mass is 35.5. The summed E-state index contributed by atoms with van der Waals surface area (Å²) in [5.74, 6) is -0.0345. The molecule has 0 spiro atoms. The van der Waals surface area contributed by atoms with Gasteiger partial charge in [0.1, 0.15) is 0 Å². The first-order valence-electron chi connectivity index (χ1n) is 11.6. The van der Waals surface area contributed by atoms with Crippen LogP contribution >= 0.6 is 23.2 Å². The summed E-state index contributed by atoms with van der Waals surface area (Å²) < 4.78 is 0. The molecule has 0 aliphatic rings. The number of hydrogen-bond acceptors (Lipinski definition) is 2. The molecule has 32 heavy (non-hydrogen) atoms. The molecule has 0 atom stereocenters. The number of halogens is 2. The summed E-state index contributed by atoms with van der Waals surface area (Å²) in [4.78, 5) is 4.62. The summed E-state index contributed by atoms with van der Waals surface area (Å²) in [6.07, 6.45) is 0. The van der Waals surface area contributed by atoms with E-state index in [1.807, 2.05) is 0 Å². The van der Waals surface area contributed by atoms with Gasteiger partial charge in [-0.3, -0.25) is 0 Å². The van der Waals surface area contributed by atoms with Gasteiger partial charge in [0, 0.05) is 53.5 Å². The number of anilines is 2. The molecule has 0 fully saturated rings. The molecule has 0 N–H and O–H groups in total. The molecule has 0 aromatic heterocycles. The third kappa shape index (κ3) is 5.08. The Balaban J connectivity index is 2.16. The molecule has 0 saturated carbocycles. The van der Waals surface area contributed by atoms with Gasteiger partial charge in [0.05, 0.1) is 0 Å². The molecular formula is C28H34Cl2N2. The third-order valence-electron chi connectivity index (χ3n) is 6.35. The largest absolute Gasteiger partial charge is 0.372 e. The molecule has 0 aliphatic heterocycles. The molecule has 0 bridgehead atoms. The van der Waals surface area contributed by atoms with Gasteiger partial charge in [-0.1, -0.05) is 59.6 Å². The van der Waals surface area contributed by atoms with Crippen molar-refractivity contribution >= 4 is 34.6 Å². The monoisotopic (exact) mass is 468 g/mol. The zero-order valence-electron chi connectivity index (χ0n) is 19.8. The van der Waals surface area contributed by atoms with Crippen molar-refractivity contribution < 1.29 is 0 Å². The van der Waals surface area contributed by atoms with E-state index >= 15 is 0 Å². The maximum absolute atomic E-state index is 6.94. The van der Waals surface area contributed by atoms with Gasteiger partial charge in [0.15, 0.2) is 0 Å². The molecule has 3 aromatic rings. The predicted molar refractivity (Wildman–Crippen MR) is 142 cm³/mol. The Bertz CT molecular complexity index is 978. The number of aryl methyl sites for hydroxylation is 1. The van der Waals surface area contributed by atoms with Crippen LogP contribution in [0.2, 0.25) is 10.0 Å². The van der Waals surface area contributed by atoms with Crippen LogP contribution in [0.5, 0.6) is 0 Å². The quantitative estimate of drug-likeness (QED) is 0.292. The van der Waals surface area contributed by atoms with E-state index in [-0.39, 0.29) is 5.92 Å². The fourth-order valence-corrected chi connectivity index (χ4v) is 5.05. The summed E-state index contributed by atoms with van der Waals surface area (Å²) in [5.41, 5.74) is 6.90. The van der Waals surface area contributed by atoms with Crippen LogP contribution in [-0.2, 0) is 0 Å². The molecule has 2 nitrogen and oxygen atoms in total. The lowest BCUT2D eigenvalue weighted by Gasteiger charge is -2.27. The first kappa shape index (κ1) is 24.5. The van der Waals surface area contributed by atoms with Crippen molar-refractivity contribution in [3.63, 3.8) is 0 Å². The minimum absolute atomic E-state index is 0.0345. The molecule has 0 unspecified atom stereocenters.